The molecule has 28 heavy (non-hydrogen) atoms. The first kappa shape index (κ1) is 20.8. The number of carbonyl (C=O) groups is 1. The number of ether oxygens (including phenoxy) is 2. The zero-order valence-electron chi connectivity index (χ0n) is 15.5. The largest absolute Gasteiger partial charge is 0.493 e. The van der Waals surface area contributed by atoms with Crippen molar-refractivity contribution in [2.24, 2.45) is 4.99 Å². The summed E-state index contributed by atoms with van der Waals surface area (Å²) < 4.78 is 11.8. The van der Waals surface area contributed by atoms with E-state index in [1.807, 2.05) is 44.2 Å². The molecule has 3 rings (SSSR count). The van der Waals surface area contributed by atoms with Crippen molar-refractivity contribution in [3.63, 3.8) is 0 Å². The number of carbonyl (C=O) groups excluding carboxylic acids is 1. The molecule has 1 aliphatic rings. The summed E-state index contributed by atoms with van der Waals surface area (Å²) >= 11 is 10.9. The van der Waals surface area contributed by atoms with Gasteiger partial charge in [-0.25, -0.2) is 4.99 Å². The van der Waals surface area contributed by atoms with Gasteiger partial charge in [0.15, 0.2) is 16.7 Å². The zero-order chi connectivity index (χ0) is 20.3. The second kappa shape index (κ2) is 9.03. The standard InChI is InChI=1S/C20H18BrClN2O3S/c1-4-27-18-13(21)8-12(9-16(18)26-3)10-17-19(25)24-20(28-17)23-15-7-5-6-14(22)11(15)2/h5-10H,4H2,1-3H3,(H,23,24,25). The van der Waals surface area contributed by atoms with E-state index in [0.717, 1.165) is 21.3 Å². The Kier molecular flexibility index (Phi) is 6.69. The highest BCUT2D eigenvalue weighted by Crippen LogP contribution is 2.38. The fourth-order valence-corrected chi connectivity index (χ4v) is 4.14. The van der Waals surface area contributed by atoms with Crippen molar-refractivity contribution < 1.29 is 14.3 Å². The molecule has 146 valence electrons. The van der Waals surface area contributed by atoms with Gasteiger partial charge in [0.25, 0.3) is 5.91 Å². The van der Waals surface area contributed by atoms with Gasteiger partial charge in [0, 0.05) is 5.02 Å². The minimum absolute atomic E-state index is 0.201. The van der Waals surface area contributed by atoms with Crippen molar-refractivity contribution >= 4 is 62.1 Å². The first-order valence-corrected chi connectivity index (χ1v) is 10.5. The van der Waals surface area contributed by atoms with Crippen molar-refractivity contribution in [3.05, 3.63) is 55.9 Å². The van der Waals surface area contributed by atoms with E-state index in [1.165, 1.54) is 11.8 Å². The number of thioether (sulfide) groups is 1. The van der Waals surface area contributed by atoms with Gasteiger partial charge >= 0.3 is 0 Å². The molecule has 1 amide bonds. The van der Waals surface area contributed by atoms with Crippen LogP contribution in [-0.2, 0) is 4.79 Å². The Hall–Kier alpha value is -1.96. The number of aliphatic imine (C=N–C) groups is 1. The Labute approximate surface area is 181 Å². The Balaban J connectivity index is 1.90. The summed E-state index contributed by atoms with van der Waals surface area (Å²) in [4.78, 5) is 17.4. The van der Waals surface area contributed by atoms with Gasteiger partial charge < -0.3 is 14.8 Å². The van der Waals surface area contributed by atoms with Crippen LogP contribution in [0.25, 0.3) is 6.08 Å². The summed E-state index contributed by atoms with van der Waals surface area (Å²) in [5, 5.41) is 3.94. The van der Waals surface area contributed by atoms with Crippen LogP contribution in [0.5, 0.6) is 11.5 Å². The van der Waals surface area contributed by atoms with Gasteiger partial charge in [0.05, 0.1) is 28.8 Å². The van der Waals surface area contributed by atoms with E-state index in [9.17, 15) is 4.79 Å². The summed E-state index contributed by atoms with van der Waals surface area (Å²) in [6, 6.07) is 9.20. The molecular formula is C20H18BrClN2O3S. The molecule has 0 spiro atoms. The van der Waals surface area contributed by atoms with Crippen LogP contribution in [0, 0.1) is 6.92 Å². The van der Waals surface area contributed by atoms with E-state index in [4.69, 9.17) is 21.1 Å². The van der Waals surface area contributed by atoms with Gasteiger partial charge in [-0.15, -0.1) is 0 Å². The van der Waals surface area contributed by atoms with Crippen LogP contribution < -0.4 is 14.8 Å². The molecule has 2 aromatic carbocycles. The molecule has 0 aliphatic carbocycles. The van der Waals surface area contributed by atoms with Gasteiger partial charge in [0.1, 0.15) is 0 Å². The lowest BCUT2D eigenvalue weighted by Crippen LogP contribution is -2.19. The van der Waals surface area contributed by atoms with Gasteiger partial charge in [0.2, 0.25) is 0 Å². The number of methoxy groups -OCH3 is 1. The quantitative estimate of drug-likeness (QED) is 0.556. The van der Waals surface area contributed by atoms with Crippen LogP contribution in [-0.4, -0.2) is 24.8 Å². The molecule has 1 fully saturated rings. The van der Waals surface area contributed by atoms with Crippen molar-refractivity contribution in [1.82, 2.24) is 5.32 Å². The van der Waals surface area contributed by atoms with E-state index in [2.05, 4.69) is 26.2 Å². The predicted octanol–water partition coefficient (Wildman–Crippen LogP) is 5.71. The Morgan fingerprint density at radius 3 is 2.86 bits per heavy atom. The maximum absolute atomic E-state index is 12.4. The maximum Gasteiger partial charge on any atom is 0.264 e. The van der Waals surface area contributed by atoms with Crippen LogP contribution in [0.1, 0.15) is 18.1 Å². The number of amidine groups is 1. The second-order valence-electron chi connectivity index (χ2n) is 5.83. The number of halogens is 2. The number of rotatable bonds is 5. The molecule has 1 saturated heterocycles. The highest BCUT2D eigenvalue weighted by molar-refractivity contribution is 9.10. The maximum atomic E-state index is 12.4. The molecule has 0 bridgehead atoms. The number of nitrogens with zero attached hydrogens (tertiary/aromatic N) is 1. The summed E-state index contributed by atoms with van der Waals surface area (Å²) in [7, 11) is 1.58. The normalized spacial score (nSPS) is 16.5. The third-order valence-corrected chi connectivity index (χ3v) is 5.86. The minimum atomic E-state index is -0.201. The Morgan fingerprint density at radius 1 is 1.36 bits per heavy atom. The number of amides is 1. The fraction of sp³-hybridized carbons (Fsp3) is 0.200. The molecule has 1 heterocycles. The second-order valence-corrected chi connectivity index (χ2v) is 8.13. The molecule has 8 heteroatoms. The van der Waals surface area contributed by atoms with E-state index < -0.39 is 0 Å². The van der Waals surface area contributed by atoms with Crippen LogP contribution >= 0.6 is 39.3 Å². The topological polar surface area (TPSA) is 59.9 Å². The number of nitrogens with one attached hydrogen (secondary N) is 1. The van der Waals surface area contributed by atoms with Crippen molar-refractivity contribution in [2.75, 3.05) is 13.7 Å². The third kappa shape index (κ3) is 4.54. The minimum Gasteiger partial charge on any atom is -0.493 e. The van der Waals surface area contributed by atoms with E-state index in [1.54, 1.807) is 13.2 Å². The molecule has 1 aliphatic heterocycles. The highest BCUT2D eigenvalue weighted by Gasteiger charge is 2.24. The average Bonchev–Trinajstić information content (AvgIpc) is 3.00. The zero-order valence-corrected chi connectivity index (χ0v) is 18.7. The molecule has 0 aromatic heterocycles. The number of hydrogen-bond donors (Lipinski definition) is 1. The monoisotopic (exact) mass is 480 g/mol. The summed E-state index contributed by atoms with van der Waals surface area (Å²) in [5.74, 6) is 1.02. The number of benzene rings is 2. The molecule has 0 saturated carbocycles. The molecule has 0 unspecified atom stereocenters. The summed E-state index contributed by atoms with van der Waals surface area (Å²) in [5.41, 5.74) is 2.40. The third-order valence-electron chi connectivity index (χ3n) is 3.95. The van der Waals surface area contributed by atoms with E-state index in [0.29, 0.717) is 33.2 Å². The SMILES string of the molecule is CCOc1c(Br)cc(C=C2SC(=Nc3cccc(Cl)c3C)NC2=O)cc1OC. The van der Waals surface area contributed by atoms with E-state index in [-0.39, 0.29) is 5.91 Å². The van der Waals surface area contributed by atoms with Gasteiger partial charge in [-0.3, -0.25) is 4.79 Å². The molecule has 0 atom stereocenters. The van der Waals surface area contributed by atoms with Crippen molar-refractivity contribution in [1.29, 1.82) is 0 Å². The summed E-state index contributed by atoms with van der Waals surface area (Å²) in [6.45, 7) is 4.32. The van der Waals surface area contributed by atoms with Crippen LogP contribution in [0.3, 0.4) is 0 Å². The molecule has 2 aromatic rings. The molecule has 1 N–H and O–H groups in total. The lowest BCUT2D eigenvalue weighted by Gasteiger charge is -2.12. The fourth-order valence-electron chi connectivity index (χ4n) is 2.57. The van der Waals surface area contributed by atoms with Gasteiger partial charge in [-0.2, -0.15) is 0 Å². The summed E-state index contributed by atoms with van der Waals surface area (Å²) in [6.07, 6.45) is 1.79. The van der Waals surface area contributed by atoms with Crippen LogP contribution in [0.2, 0.25) is 5.02 Å². The molecular weight excluding hydrogens is 464 g/mol. The van der Waals surface area contributed by atoms with Crippen molar-refractivity contribution in [3.8, 4) is 11.5 Å². The predicted molar refractivity (Wildman–Crippen MR) is 119 cm³/mol. The van der Waals surface area contributed by atoms with Gasteiger partial charge in [-0.05, 0) is 83.0 Å². The van der Waals surface area contributed by atoms with Gasteiger partial charge in [-0.1, -0.05) is 17.7 Å². The Morgan fingerprint density at radius 2 is 2.14 bits per heavy atom. The lowest BCUT2D eigenvalue weighted by atomic mass is 10.2. The number of hydrogen-bond acceptors (Lipinski definition) is 5. The van der Waals surface area contributed by atoms with Crippen LogP contribution in [0.4, 0.5) is 5.69 Å². The van der Waals surface area contributed by atoms with E-state index >= 15 is 0 Å². The first-order chi connectivity index (χ1) is 13.4. The lowest BCUT2D eigenvalue weighted by molar-refractivity contribution is -0.115. The molecule has 0 radical (unpaired) electrons. The Bertz CT molecular complexity index is 992. The first-order valence-electron chi connectivity index (χ1n) is 8.48. The molecule has 5 nitrogen and oxygen atoms in total. The van der Waals surface area contributed by atoms with Crippen molar-refractivity contribution in [2.45, 2.75) is 13.8 Å². The van der Waals surface area contributed by atoms with Crippen LogP contribution in [0.15, 0.2) is 44.7 Å². The highest BCUT2D eigenvalue weighted by atomic mass is 79.9. The average molecular weight is 482 g/mol. The smallest absolute Gasteiger partial charge is 0.264 e.